The van der Waals surface area contributed by atoms with E-state index in [-0.39, 0.29) is 16.8 Å². The van der Waals surface area contributed by atoms with Gasteiger partial charge in [0.1, 0.15) is 14.1 Å². The maximum absolute atomic E-state index is 11.4. The minimum absolute atomic E-state index is 0.0465. The molecular formula is C13H17NOSi. The van der Waals surface area contributed by atoms with Gasteiger partial charge in [-0.1, -0.05) is 25.6 Å². The van der Waals surface area contributed by atoms with Crippen molar-refractivity contribution in [3.8, 4) is 17.5 Å². The smallest absolute Gasteiger partial charge is 0.173 e. The molecule has 0 bridgehead atoms. The Bertz CT molecular complexity index is 439. The van der Waals surface area contributed by atoms with Gasteiger partial charge in [-0.3, -0.25) is 4.79 Å². The minimum atomic E-state index is -1.40. The molecule has 1 rings (SSSR count). The Morgan fingerprint density at radius 1 is 1.44 bits per heavy atom. The Hall–Kier alpha value is -1.32. The predicted molar refractivity (Wildman–Crippen MR) is 67.2 cm³/mol. The molecule has 3 heteroatoms. The zero-order chi connectivity index (χ0) is 12.4. The van der Waals surface area contributed by atoms with Crippen molar-refractivity contribution in [1.82, 2.24) is 0 Å². The second-order valence-electron chi connectivity index (χ2n) is 5.51. The molecule has 84 valence electrons. The van der Waals surface area contributed by atoms with Gasteiger partial charge in [-0.2, -0.15) is 5.26 Å². The molecule has 1 unspecified atom stereocenters. The molecule has 0 aromatic rings. The summed E-state index contributed by atoms with van der Waals surface area (Å²) in [6.45, 7) is 8.56. The van der Waals surface area contributed by atoms with Crippen LogP contribution in [0.3, 0.4) is 0 Å². The topological polar surface area (TPSA) is 40.9 Å². The second kappa shape index (κ2) is 4.27. The zero-order valence-corrected chi connectivity index (χ0v) is 11.3. The molecule has 16 heavy (non-hydrogen) atoms. The van der Waals surface area contributed by atoms with Crippen molar-refractivity contribution in [1.29, 1.82) is 5.26 Å². The highest BCUT2D eigenvalue weighted by molar-refractivity contribution is 6.83. The highest BCUT2D eigenvalue weighted by Gasteiger charge is 2.28. The van der Waals surface area contributed by atoms with Crippen molar-refractivity contribution in [3.63, 3.8) is 0 Å². The Labute approximate surface area is 98.4 Å². The molecule has 0 aromatic carbocycles. The normalized spacial score (nSPS) is 25.2. The van der Waals surface area contributed by atoms with Crippen molar-refractivity contribution in [2.75, 3.05) is 0 Å². The lowest BCUT2D eigenvalue weighted by molar-refractivity contribution is -0.116. The lowest BCUT2D eigenvalue weighted by Crippen LogP contribution is -2.23. The van der Waals surface area contributed by atoms with Crippen LogP contribution in [-0.2, 0) is 4.79 Å². The lowest BCUT2D eigenvalue weighted by Gasteiger charge is -2.24. The van der Waals surface area contributed by atoms with Gasteiger partial charge in [0.05, 0.1) is 5.57 Å². The zero-order valence-electron chi connectivity index (χ0n) is 10.3. The number of allylic oxidation sites excluding steroid dienone is 2. The molecule has 1 aliphatic carbocycles. The van der Waals surface area contributed by atoms with Crippen LogP contribution in [0, 0.1) is 28.2 Å². The fourth-order valence-electron chi connectivity index (χ4n) is 1.50. The Kier molecular flexibility index (Phi) is 3.40. The summed E-state index contributed by atoms with van der Waals surface area (Å²) in [6, 6.07) is 1.96. The molecular weight excluding hydrogens is 214 g/mol. The highest BCUT2D eigenvalue weighted by atomic mass is 28.3. The maximum Gasteiger partial charge on any atom is 0.173 e. The van der Waals surface area contributed by atoms with Crippen LogP contribution < -0.4 is 0 Å². The summed E-state index contributed by atoms with van der Waals surface area (Å²) in [5, 5.41) is 8.84. The number of nitriles is 1. The van der Waals surface area contributed by atoms with Crippen LogP contribution in [0.4, 0.5) is 0 Å². The van der Waals surface area contributed by atoms with Gasteiger partial charge in [-0.15, -0.1) is 5.54 Å². The fourth-order valence-corrected chi connectivity index (χ4v) is 2.16. The van der Waals surface area contributed by atoms with E-state index < -0.39 is 8.07 Å². The first-order valence-electron chi connectivity index (χ1n) is 5.46. The quantitative estimate of drug-likeness (QED) is 0.475. The van der Waals surface area contributed by atoms with E-state index in [1.54, 1.807) is 6.08 Å². The fraction of sp³-hybridized carbons (Fsp3) is 0.538. The summed E-state index contributed by atoms with van der Waals surface area (Å²) < 4.78 is 0. The molecule has 0 aliphatic heterocycles. The van der Waals surface area contributed by atoms with Crippen molar-refractivity contribution in [2.24, 2.45) is 5.41 Å². The molecule has 0 fully saturated rings. The van der Waals surface area contributed by atoms with Crippen molar-refractivity contribution < 1.29 is 4.79 Å². The predicted octanol–water partition coefficient (Wildman–Crippen LogP) is 2.69. The number of Topliss-reactive ketones (excluding diaryl/α,β-unsaturated/α-hetero) is 1. The van der Waals surface area contributed by atoms with E-state index in [9.17, 15) is 4.79 Å². The van der Waals surface area contributed by atoms with Crippen LogP contribution in [-0.4, -0.2) is 13.9 Å². The van der Waals surface area contributed by atoms with Crippen molar-refractivity contribution in [2.45, 2.75) is 39.4 Å². The SMILES string of the molecule is CC1(C#C[Si](C)(C)C)C=C(C#N)C(=O)CC1. The largest absolute Gasteiger partial charge is 0.293 e. The molecule has 1 atom stereocenters. The standard InChI is InChI=1S/C13H17NOSi/c1-13(7-8-16(2,3)4)6-5-12(15)11(9-13)10-14/h9H,5-6H2,1-4H3. The summed E-state index contributed by atoms with van der Waals surface area (Å²) in [7, 11) is -1.40. The van der Waals surface area contributed by atoms with Gasteiger partial charge in [-0.25, -0.2) is 0 Å². The lowest BCUT2D eigenvalue weighted by atomic mass is 9.78. The van der Waals surface area contributed by atoms with Gasteiger partial charge >= 0.3 is 0 Å². The van der Waals surface area contributed by atoms with E-state index in [0.717, 1.165) is 6.42 Å². The van der Waals surface area contributed by atoms with Crippen LogP contribution >= 0.6 is 0 Å². The van der Waals surface area contributed by atoms with E-state index in [2.05, 4.69) is 31.1 Å². The number of rotatable bonds is 0. The molecule has 1 aliphatic rings. The van der Waals surface area contributed by atoms with E-state index in [0.29, 0.717) is 6.42 Å². The Morgan fingerprint density at radius 3 is 2.56 bits per heavy atom. The van der Waals surface area contributed by atoms with Gasteiger partial charge in [0.15, 0.2) is 5.78 Å². The van der Waals surface area contributed by atoms with E-state index in [1.165, 1.54) is 0 Å². The molecule has 0 spiro atoms. The second-order valence-corrected chi connectivity index (χ2v) is 10.3. The Morgan fingerprint density at radius 2 is 2.06 bits per heavy atom. The number of hydrogen-bond acceptors (Lipinski definition) is 2. The van der Waals surface area contributed by atoms with Crippen LogP contribution in [0.25, 0.3) is 0 Å². The number of ketones is 1. The molecule has 0 N–H and O–H groups in total. The first-order chi connectivity index (χ1) is 7.26. The number of carbonyl (C=O) groups is 1. The molecule has 0 saturated heterocycles. The van der Waals surface area contributed by atoms with E-state index in [4.69, 9.17) is 5.26 Å². The first kappa shape index (κ1) is 12.7. The molecule has 0 amide bonds. The summed E-state index contributed by atoms with van der Waals surface area (Å²) in [4.78, 5) is 11.4. The molecule has 2 nitrogen and oxygen atoms in total. The third-order valence-corrected chi connectivity index (χ3v) is 3.35. The molecule has 0 saturated carbocycles. The summed E-state index contributed by atoms with van der Waals surface area (Å²) in [6.07, 6.45) is 2.91. The van der Waals surface area contributed by atoms with Gasteiger partial charge in [-0.05, 0) is 19.4 Å². The molecule has 0 radical (unpaired) electrons. The summed E-state index contributed by atoms with van der Waals surface area (Å²) in [5.41, 5.74) is 3.30. The van der Waals surface area contributed by atoms with Crippen molar-refractivity contribution in [3.05, 3.63) is 11.6 Å². The van der Waals surface area contributed by atoms with Crippen LogP contribution in [0.1, 0.15) is 19.8 Å². The number of nitrogens with zero attached hydrogens (tertiary/aromatic N) is 1. The average Bonchev–Trinajstić information content (AvgIpc) is 2.19. The van der Waals surface area contributed by atoms with Gasteiger partial charge in [0, 0.05) is 11.8 Å². The third-order valence-electron chi connectivity index (χ3n) is 2.48. The molecule has 0 heterocycles. The Balaban J connectivity index is 3.04. The summed E-state index contributed by atoms with van der Waals surface area (Å²) in [5.74, 6) is 3.21. The van der Waals surface area contributed by atoms with E-state index >= 15 is 0 Å². The van der Waals surface area contributed by atoms with E-state index in [1.807, 2.05) is 13.0 Å². The molecule has 0 aromatic heterocycles. The minimum Gasteiger partial charge on any atom is -0.293 e. The highest BCUT2D eigenvalue weighted by Crippen LogP contribution is 2.31. The van der Waals surface area contributed by atoms with Crippen molar-refractivity contribution >= 4 is 13.9 Å². The maximum atomic E-state index is 11.4. The number of hydrogen-bond donors (Lipinski definition) is 0. The van der Waals surface area contributed by atoms with Gasteiger partial charge in [0.25, 0.3) is 0 Å². The van der Waals surface area contributed by atoms with Crippen LogP contribution in [0.2, 0.25) is 19.6 Å². The monoisotopic (exact) mass is 231 g/mol. The van der Waals surface area contributed by atoms with Crippen LogP contribution in [0.15, 0.2) is 11.6 Å². The van der Waals surface area contributed by atoms with Gasteiger partial charge < -0.3 is 0 Å². The summed E-state index contributed by atoms with van der Waals surface area (Å²) >= 11 is 0. The van der Waals surface area contributed by atoms with Crippen LogP contribution in [0.5, 0.6) is 0 Å². The van der Waals surface area contributed by atoms with Gasteiger partial charge in [0.2, 0.25) is 0 Å². The number of carbonyl (C=O) groups excluding carboxylic acids is 1. The first-order valence-corrected chi connectivity index (χ1v) is 8.96. The third kappa shape index (κ3) is 3.36. The average molecular weight is 231 g/mol.